The van der Waals surface area contributed by atoms with Crippen LogP contribution in [0, 0.1) is 0 Å². The number of fused-ring (bicyclic) bond motifs is 2. The van der Waals surface area contributed by atoms with Crippen LogP contribution >= 0.6 is 15.9 Å². The number of piperidine rings is 1. The first-order valence-electron chi connectivity index (χ1n) is 8.81. The monoisotopic (exact) mass is 408 g/mol. The molecule has 2 aliphatic heterocycles. The van der Waals surface area contributed by atoms with Crippen LogP contribution in [0.3, 0.4) is 0 Å². The van der Waals surface area contributed by atoms with Gasteiger partial charge in [0.15, 0.2) is 0 Å². The topological polar surface area (TPSA) is 58.6 Å². The summed E-state index contributed by atoms with van der Waals surface area (Å²) in [5, 5.41) is 3.14. The first-order chi connectivity index (χ1) is 11.7. The largest absolute Gasteiger partial charge is 0.444 e. The third-order valence-corrected chi connectivity index (χ3v) is 5.48. The lowest BCUT2D eigenvalue weighted by Crippen LogP contribution is -2.53. The predicted molar refractivity (Wildman–Crippen MR) is 99.5 cm³/mol. The Morgan fingerprint density at radius 3 is 2.32 bits per heavy atom. The van der Waals surface area contributed by atoms with Crippen LogP contribution in [-0.2, 0) is 4.74 Å². The summed E-state index contributed by atoms with van der Waals surface area (Å²) < 4.78 is 6.35. The molecular formula is C19H25BrN2O3. The zero-order valence-electron chi connectivity index (χ0n) is 14.9. The van der Waals surface area contributed by atoms with Crippen molar-refractivity contribution in [3.63, 3.8) is 0 Å². The molecule has 0 aromatic heterocycles. The Balaban J connectivity index is 1.63. The maximum atomic E-state index is 12.5. The summed E-state index contributed by atoms with van der Waals surface area (Å²) in [6, 6.07) is 7.81. The molecule has 1 N–H and O–H groups in total. The highest BCUT2D eigenvalue weighted by Crippen LogP contribution is 2.37. The van der Waals surface area contributed by atoms with E-state index >= 15 is 0 Å². The van der Waals surface area contributed by atoms with E-state index in [9.17, 15) is 9.59 Å². The third kappa shape index (κ3) is 4.17. The van der Waals surface area contributed by atoms with Gasteiger partial charge in [-0.3, -0.25) is 4.79 Å². The Labute approximate surface area is 157 Å². The number of hydrogen-bond acceptors (Lipinski definition) is 3. The van der Waals surface area contributed by atoms with Crippen LogP contribution in [0.4, 0.5) is 4.79 Å². The molecule has 136 valence electrons. The molecule has 25 heavy (non-hydrogen) atoms. The zero-order valence-corrected chi connectivity index (χ0v) is 16.5. The predicted octanol–water partition coefficient (Wildman–Crippen LogP) is 4.11. The Kier molecular flexibility index (Phi) is 5.09. The maximum absolute atomic E-state index is 12.5. The van der Waals surface area contributed by atoms with Crippen LogP contribution in [0.25, 0.3) is 0 Å². The molecule has 6 heteroatoms. The number of ether oxygens (including phenoxy) is 1. The average molecular weight is 409 g/mol. The SMILES string of the molecule is CC(C)(C)OC(=O)N1C2CCC1CC(NC(=O)c1ccccc1Br)C2. The van der Waals surface area contributed by atoms with Gasteiger partial charge < -0.3 is 15.0 Å². The molecule has 1 aromatic rings. The molecule has 2 bridgehead atoms. The van der Waals surface area contributed by atoms with Gasteiger partial charge in [-0.1, -0.05) is 12.1 Å². The molecule has 0 saturated carbocycles. The van der Waals surface area contributed by atoms with Crippen LogP contribution in [-0.4, -0.2) is 40.6 Å². The summed E-state index contributed by atoms with van der Waals surface area (Å²) in [6.07, 6.45) is 3.30. The molecule has 3 rings (SSSR count). The van der Waals surface area contributed by atoms with Crippen LogP contribution < -0.4 is 5.32 Å². The van der Waals surface area contributed by atoms with Crippen molar-refractivity contribution in [3.8, 4) is 0 Å². The van der Waals surface area contributed by atoms with Gasteiger partial charge in [0.25, 0.3) is 5.91 Å². The van der Waals surface area contributed by atoms with E-state index in [1.54, 1.807) is 0 Å². The first-order valence-corrected chi connectivity index (χ1v) is 9.60. The lowest BCUT2D eigenvalue weighted by Gasteiger charge is -2.39. The van der Waals surface area contributed by atoms with Gasteiger partial charge in [0.2, 0.25) is 0 Å². The minimum atomic E-state index is -0.485. The number of amides is 2. The lowest BCUT2D eigenvalue weighted by atomic mass is 9.97. The van der Waals surface area contributed by atoms with Gasteiger partial charge in [0.05, 0.1) is 5.56 Å². The van der Waals surface area contributed by atoms with E-state index < -0.39 is 5.60 Å². The van der Waals surface area contributed by atoms with Crippen molar-refractivity contribution in [3.05, 3.63) is 34.3 Å². The second-order valence-corrected chi connectivity index (χ2v) is 8.75. The summed E-state index contributed by atoms with van der Waals surface area (Å²) in [5.41, 5.74) is 0.158. The van der Waals surface area contributed by atoms with Gasteiger partial charge in [-0.05, 0) is 74.5 Å². The number of halogens is 1. The Morgan fingerprint density at radius 1 is 1.16 bits per heavy atom. The highest BCUT2D eigenvalue weighted by molar-refractivity contribution is 9.10. The molecule has 1 aromatic carbocycles. The van der Waals surface area contributed by atoms with E-state index in [1.807, 2.05) is 49.9 Å². The number of carbonyl (C=O) groups excluding carboxylic acids is 2. The molecule has 0 radical (unpaired) electrons. The molecule has 2 aliphatic rings. The quantitative estimate of drug-likeness (QED) is 0.800. The lowest BCUT2D eigenvalue weighted by molar-refractivity contribution is 0.00500. The second-order valence-electron chi connectivity index (χ2n) is 7.89. The van der Waals surface area contributed by atoms with Gasteiger partial charge in [-0.2, -0.15) is 0 Å². The summed E-state index contributed by atoms with van der Waals surface area (Å²) in [4.78, 5) is 26.9. The fourth-order valence-electron chi connectivity index (χ4n) is 3.82. The minimum absolute atomic E-state index is 0.0670. The zero-order chi connectivity index (χ0) is 18.2. The second kappa shape index (κ2) is 6.98. The first kappa shape index (κ1) is 18.2. The Morgan fingerprint density at radius 2 is 1.76 bits per heavy atom. The van der Waals surface area contributed by atoms with E-state index in [2.05, 4.69) is 21.2 Å². The molecular weight excluding hydrogens is 384 g/mol. The van der Waals surface area contributed by atoms with Crippen molar-refractivity contribution < 1.29 is 14.3 Å². The summed E-state index contributed by atoms with van der Waals surface area (Å²) in [5.74, 6) is -0.0670. The number of nitrogens with one attached hydrogen (secondary N) is 1. The molecule has 2 amide bonds. The molecule has 0 spiro atoms. The standard InChI is InChI=1S/C19H25BrN2O3/c1-19(2,3)25-18(24)22-13-8-9-14(22)11-12(10-13)21-17(23)15-6-4-5-7-16(15)20/h4-7,12-14H,8-11H2,1-3H3,(H,21,23). The summed E-state index contributed by atoms with van der Waals surface area (Å²) in [7, 11) is 0. The molecule has 2 atom stereocenters. The number of hydrogen-bond donors (Lipinski definition) is 1. The average Bonchev–Trinajstić information content (AvgIpc) is 2.77. The van der Waals surface area contributed by atoms with E-state index in [1.165, 1.54) is 0 Å². The Hall–Kier alpha value is -1.56. The fraction of sp³-hybridized carbons (Fsp3) is 0.579. The fourth-order valence-corrected chi connectivity index (χ4v) is 4.28. The van der Waals surface area contributed by atoms with E-state index in [0.717, 1.165) is 30.2 Å². The summed E-state index contributed by atoms with van der Waals surface area (Å²) in [6.45, 7) is 5.66. The smallest absolute Gasteiger partial charge is 0.410 e. The van der Waals surface area contributed by atoms with Gasteiger partial charge in [0.1, 0.15) is 5.60 Å². The van der Waals surface area contributed by atoms with E-state index in [4.69, 9.17) is 4.74 Å². The van der Waals surface area contributed by atoms with Crippen molar-refractivity contribution in [1.29, 1.82) is 0 Å². The minimum Gasteiger partial charge on any atom is -0.444 e. The number of benzene rings is 1. The number of nitrogens with zero attached hydrogens (tertiary/aromatic N) is 1. The molecule has 2 fully saturated rings. The van der Waals surface area contributed by atoms with Crippen LogP contribution in [0.15, 0.2) is 28.7 Å². The molecule has 0 aliphatic carbocycles. The highest BCUT2D eigenvalue weighted by Gasteiger charge is 2.45. The van der Waals surface area contributed by atoms with Crippen molar-refractivity contribution >= 4 is 27.9 Å². The maximum Gasteiger partial charge on any atom is 0.410 e. The molecule has 5 nitrogen and oxygen atoms in total. The molecule has 2 unspecified atom stereocenters. The summed E-state index contributed by atoms with van der Waals surface area (Å²) >= 11 is 3.42. The molecule has 2 saturated heterocycles. The van der Waals surface area contributed by atoms with Crippen molar-refractivity contribution in [2.24, 2.45) is 0 Å². The van der Waals surface area contributed by atoms with Crippen molar-refractivity contribution in [1.82, 2.24) is 10.2 Å². The van der Waals surface area contributed by atoms with Crippen molar-refractivity contribution in [2.75, 3.05) is 0 Å². The number of rotatable bonds is 2. The van der Waals surface area contributed by atoms with Gasteiger partial charge in [-0.15, -0.1) is 0 Å². The van der Waals surface area contributed by atoms with Crippen LogP contribution in [0.1, 0.15) is 56.8 Å². The van der Waals surface area contributed by atoms with Crippen LogP contribution in [0.5, 0.6) is 0 Å². The number of carbonyl (C=O) groups is 2. The van der Waals surface area contributed by atoms with Gasteiger partial charge >= 0.3 is 6.09 Å². The molecule has 2 heterocycles. The van der Waals surface area contributed by atoms with E-state index in [-0.39, 0.29) is 30.1 Å². The normalized spacial score (nSPS) is 25.6. The van der Waals surface area contributed by atoms with E-state index in [0.29, 0.717) is 5.56 Å². The van der Waals surface area contributed by atoms with Gasteiger partial charge in [-0.25, -0.2) is 4.79 Å². The highest BCUT2D eigenvalue weighted by atomic mass is 79.9. The van der Waals surface area contributed by atoms with Crippen molar-refractivity contribution in [2.45, 2.75) is 70.2 Å². The third-order valence-electron chi connectivity index (χ3n) is 4.79. The Bertz CT molecular complexity index is 657. The van der Waals surface area contributed by atoms with Crippen LogP contribution in [0.2, 0.25) is 0 Å². The van der Waals surface area contributed by atoms with Gasteiger partial charge in [0, 0.05) is 22.6 Å².